The average molecular weight is 259 g/mol. The van der Waals surface area contributed by atoms with Crippen molar-refractivity contribution in [3.63, 3.8) is 0 Å². The van der Waals surface area contributed by atoms with Crippen LogP contribution in [-0.2, 0) is 4.79 Å². The second-order valence-electron chi connectivity index (χ2n) is 5.45. The lowest BCUT2D eigenvalue weighted by Crippen LogP contribution is -2.50. The van der Waals surface area contributed by atoms with Gasteiger partial charge in [-0.1, -0.05) is 31.0 Å². The number of nitrogens with one attached hydrogen (secondary N) is 1. The Hall–Kier alpha value is -1.84. The number of carbonyl (C=O) groups excluding carboxylic acids is 1. The van der Waals surface area contributed by atoms with Gasteiger partial charge in [0.15, 0.2) is 0 Å². The summed E-state index contributed by atoms with van der Waals surface area (Å²) >= 11 is 0. The Bertz CT molecular complexity index is 520. The third kappa shape index (κ3) is 2.01. The van der Waals surface area contributed by atoms with Gasteiger partial charge in [0, 0.05) is 11.6 Å². The summed E-state index contributed by atoms with van der Waals surface area (Å²) in [5, 5.41) is 12.5. The number of carbonyl (C=O) groups is 2. The van der Waals surface area contributed by atoms with Crippen molar-refractivity contribution in [3.8, 4) is 0 Å². The van der Waals surface area contributed by atoms with E-state index in [0.29, 0.717) is 17.0 Å². The molecule has 1 aromatic carbocycles. The molecule has 1 amide bonds. The van der Waals surface area contributed by atoms with E-state index in [4.69, 9.17) is 0 Å². The summed E-state index contributed by atoms with van der Waals surface area (Å²) in [6.45, 7) is 0. The molecule has 4 nitrogen and oxygen atoms in total. The minimum Gasteiger partial charge on any atom is -0.481 e. The van der Waals surface area contributed by atoms with Crippen LogP contribution in [0.15, 0.2) is 24.3 Å². The number of rotatable bonds is 2. The molecule has 0 aromatic heterocycles. The molecule has 1 aliphatic carbocycles. The van der Waals surface area contributed by atoms with Crippen LogP contribution in [0, 0.1) is 5.92 Å². The van der Waals surface area contributed by atoms with E-state index in [1.54, 1.807) is 24.3 Å². The molecule has 0 unspecified atom stereocenters. The van der Waals surface area contributed by atoms with Crippen LogP contribution >= 0.6 is 0 Å². The van der Waals surface area contributed by atoms with E-state index in [2.05, 4.69) is 5.32 Å². The first-order valence-electron chi connectivity index (χ1n) is 6.81. The minimum absolute atomic E-state index is 0.134. The molecule has 1 aliphatic heterocycles. The Kier molecular flexibility index (Phi) is 3.01. The van der Waals surface area contributed by atoms with E-state index in [9.17, 15) is 14.7 Å². The highest BCUT2D eigenvalue weighted by molar-refractivity contribution is 6.00. The standard InChI is InChI=1S/C15H17NO3/c17-14-11-8-4-3-7-10(11)12(15(18)19)13(16-14)9-5-1-2-6-9/h3-4,7-9,12-13H,1-2,5-6H2,(H,16,17)(H,18,19)/t12-,13+/m0/s1. The number of benzene rings is 1. The van der Waals surface area contributed by atoms with Crippen molar-refractivity contribution in [2.75, 3.05) is 0 Å². The van der Waals surface area contributed by atoms with Gasteiger partial charge in [-0.05, 0) is 30.4 Å². The summed E-state index contributed by atoms with van der Waals surface area (Å²) < 4.78 is 0. The van der Waals surface area contributed by atoms with Crippen molar-refractivity contribution < 1.29 is 14.7 Å². The van der Waals surface area contributed by atoms with Crippen molar-refractivity contribution in [2.45, 2.75) is 37.6 Å². The van der Waals surface area contributed by atoms with Gasteiger partial charge in [-0.25, -0.2) is 0 Å². The highest BCUT2D eigenvalue weighted by atomic mass is 16.4. The van der Waals surface area contributed by atoms with E-state index in [-0.39, 0.29) is 11.9 Å². The topological polar surface area (TPSA) is 66.4 Å². The van der Waals surface area contributed by atoms with Crippen LogP contribution in [0.5, 0.6) is 0 Å². The van der Waals surface area contributed by atoms with E-state index in [1.807, 2.05) is 0 Å². The molecule has 2 aliphatic rings. The number of hydrogen-bond donors (Lipinski definition) is 2. The van der Waals surface area contributed by atoms with Crippen LogP contribution in [0.25, 0.3) is 0 Å². The summed E-state index contributed by atoms with van der Waals surface area (Å²) in [6.07, 6.45) is 4.28. The first-order chi connectivity index (χ1) is 9.18. The van der Waals surface area contributed by atoms with Crippen molar-refractivity contribution in [2.24, 2.45) is 5.92 Å². The fourth-order valence-corrected chi connectivity index (χ4v) is 3.47. The van der Waals surface area contributed by atoms with Gasteiger partial charge in [0.05, 0.1) is 0 Å². The van der Waals surface area contributed by atoms with Gasteiger partial charge in [0.25, 0.3) is 5.91 Å². The van der Waals surface area contributed by atoms with Crippen LogP contribution in [0.4, 0.5) is 0 Å². The highest BCUT2D eigenvalue weighted by Crippen LogP contribution is 2.38. The molecule has 4 heteroatoms. The van der Waals surface area contributed by atoms with E-state index in [1.165, 1.54) is 0 Å². The van der Waals surface area contributed by atoms with Crippen molar-refractivity contribution in [1.29, 1.82) is 0 Å². The van der Waals surface area contributed by atoms with Crippen LogP contribution < -0.4 is 5.32 Å². The SMILES string of the molecule is O=C1N[C@H](C2CCCC2)[C@@H](C(=O)O)c2ccccc21. The zero-order chi connectivity index (χ0) is 13.4. The van der Waals surface area contributed by atoms with Crippen molar-refractivity contribution in [1.82, 2.24) is 5.32 Å². The molecule has 2 atom stereocenters. The summed E-state index contributed by atoms with van der Waals surface area (Å²) in [5.74, 6) is -1.30. The third-order valence-corrected chi connectivity index (χ3v) is 4.37. The molecule has 3 rings (SSSR count). The normalized spacial score (nSPS) is 26.8. The predicted molar refractivity (Wildman–Crippen MR) is 70.0 cm³/mol. The molecule has 0 spiro atoms. The quantitative estimate of drug-likeness (QED) is 0.855. The maximum absolute atomic E-state index is 12.1. The Labute approximate surface area is 111 Å². The Morgan fingerprint density at radius 3 is 2.58 bits per heavy atom. The fourth-order valence-electron chi connectivity index (χ4n) is 3.47. The Morgan fingerprint density at radius 1 is 1.21 bits per heavy atom. The third-order valence-electron chi connectivity index (χ3n) is 4.37. The molecule has 100 valence electrons. The first-order valence-corrected chi connectivity index (χ1v) is 6.81. The predicted octanol–water partition coefficient (Wildman–Crippen LogP) is 2.16. The lowest BCUT2D eigenvalue weighted by molar-refractivity contribution is -0.140. The summed E-state index contributed by atoms with van der Waals surface area (Å²) in [4.78, 5) is 23.8. The molecule has 1 heterocycles. The number of fused-ring (bicyclic) bond motifs is 1. The van der Waals surface area contributed by atoms with Crippen LogP contribution in [0.2, 0.25) is 0 Å². The molecule has 0 radical (unpaired) electrons. The van der Waals surface area contributed by atoms with Gasteiger partial charge in [0.1, 0.15) is 5.92 Å². The maximum Gasteiger partial charge on any atom is 0.313 e. The summed E-state index contributed by atoms with van der Waals surface area (Å²) in [6, 6.07) is 6.79. The van der Waals surface area contributed by atoms with Crippen molar-refractivity contribution >= 4 is 11.9 Å². The second-order valence-corrected chi connectivity index (χ2v) is 5.45. The zero-order valence-electron chi connectivity index (χ0n) is 10.6. The smallest absolute Gasteiger partial charge is 0.313 e. The lowest BCUT2D eigenvalue weighted by Gasteiger charge is -2.35. The Morgan fingerprint density at radius 2 is 1.89 bits per heavy atom. The fraction of sp³-hybridized carbons (Fsp3) is 0.467. The van der Waals surface area contributed by atoms with E-state index in [0.717, 1.165) is 25.7 Å². The molecular formula is C15H17NO3. The lowest BCUT2D eigenvalue weighted by atomic mass is 9.78. The largest absolute Gasteiger partial charge is 0.481 e. The second kappa shape index (κ2) is 4.68. The number of hydrogen-bond acceptors (Lipinski definition) is 2. The molecule has 19 heavy (non-hydrogen) atoms. The average Bonchev–Trinajstić information content (AvgIpc) is 2.92. The van der Waals surface area contributed by atoms with E-state index >= 15 is 0 Å². The number of amides is 1. The van der Waals surface area contributed by atoms with Gasteiger partial charge in [0.2, 0.25) is 0 Å². The molecule has 1 aromatic rings. The maximum atomic E-state index is 12.1. The zero-order valence-corrected chi connectivity index (χ0v) is 10.6. The van der Waals surface area contributed by atoms with Gasteiger partial charge in [-0.2, -0.15) is 0 Å². The highest BCUT2D eigenvalue weighted by Gasteiger charge is 2.42. The first kappa shape index (κ1) is 12.2. The molecule has 2 N–H and O–H groups in total. The van der Waals surface area contributed by atoms with Gasteiger partial charge >= 0.3 is 5.97 Å². The molecule has 0 saturated heterocycles. The number of aliphatic carboxylic acids is 1. The molecule has 1 fully saturated rings. The monoisotopic (exact) mass is 259 g/mol. The van der Waals surface area contributed by atoms with Crippen LogP contribution in [-0.4, -0.2) is 23.0 Å². The van der Waals surface area contributed by atoms with Gasteiger partial charge in [-0.15, -0.1) is 0 Å². The van der Waals surface area contributed by atoms with Crippen LogP contribution in [0.1, 0.15) is 47.5 Å². The minimum atomic E-state index is -0.843. The molecule has 0 bridgehead atoms. The summed E-state index contributed by atoms with van der Waals surface area (Å²) in [7, 11) is 0. The molecular weight excluding hydrogens is 242 g/mol. The van der Waals surface area contributed by atoms with Gasteiger partial charge < -0.3 is 10.4 Å². The molecule has 1 saturated carbocycles. The Balaban J connectivity index is 2.03. The number of carboxylic acid groups (broad SMARTS) is 1. The van der Waals surface area contributed by atoms with Crippen LogP contribution in [0.3, 0.4) is 0 Å². The van der Waals surface area contributed by atoms with Crippen molar-refractivity contribution in [3.05, 3.63) is 35.4 Å². The summed E-state index contributed by atoms with van der Waals surface area (Å²) in [5.41, 5.74) is 1.17. The van der Waals surface area contributed by atoms with Gasteiger partial charge in [-0.3, -0.25) is 9.59 Å². The van der Waals surface area contributed by atoms with E-state index < -0.39 is 11.9 Å². The number of carboxylic acids is 1.